The van der Waals surface area contributed by atoms with Gasteiger partial charge in [-0.25, -0.2) is 0 Å². The van der Waals surface area contributed by atoms with Gasteiger partial charge in [-0.15, -0.1) is 0 Å². The smallest absolute Gasteiger partial charge is 0.251 e. The number of amides is 1. The zero-order valence-corrected chi connectivity index (χ0v) is 11.7. The third-order valence-electron chi connectivity index (χ3n) is 2.60. The van der Waals surface area contributed by atoms with E-state index in [1.807, 2.05) is 18.2 Å². The molecule has 2 rings (SSSR count). The summed E-state index contributed by atoms with van der Waals surface area (Å²) >= 11 is 3.17. The number of nitrogens with one attached hydrogen (secondary N) is 1. The number of benzene rings is 1. The maximum absolute atomic E-state index is 11.8. The van der Waals surface area contributed by atoms with E-state index in [9.17, 15) is 9.90 Å². The van der Waals surface area contributed by atoms with E-state index < -0.39 is 0 Å². The number of carbonyl (C=O) groups is 1. The van der Waals surface area contributed by atoms with Crippen molar-refractivity contribution in [2.45, 2.75) is 6.42 Å². The molecule has 0 spiro atoms. The Morgan fingerprint density at radius 2 is 2.16 bits per heavy atom. The Hall–Kier alpha value is -1.88. The molecule has 0 unspecified atom stereocenters. The highest BCUT2D eigenvalue weighted by atomic mass is 79.9. The Bertz CT molecular complexity index is 573. The molecule has 5 heteroatoms. The summed E-state index contributed by atoms with van der Waals surface area (Å²) in [6.07, 6.45) is 2.40. The van der Waals surface area contributed by atoms with Crippen LogP contribution < -0.4 is 5.32 Å². The van der Waals surface area contributed by atoms with Gasteiger partial charge in [-0.05, 0) is 46.3 Å². The fourth-order valence-corrected chi connectivity index (χ4v) is 1.85. The topological polar surface area (TPSA) is 62.2 Å². The Labute approximate surface area is 119 Å². The molecule has 0 aliphatic carbocycles. The number of hydrogen-bond donors (Lipinski definition) is 2. The summed E-state index contributed by atoms with van der Waals surface area (Å²) in [5.74, 6) is -0.156. The van der Waals surface area contributed by atoms with E-state index in [1.165, 1.54) is 6.07 Å². The van der Waals surface area contributed by atoms with Crippen LogP contribution in [-0.4, -0.2) is 22.5 Å². The molecule has 0 radical (unpaired) electrons. The van der Waals surface area contributed by atoms with Gasteiger partial charge < -0.3 is 10.4 Å². The number of halogens is 1. The maximum Gasteiger partial charge on any atom is 0.251 e. The summed E-state index contributed by atoms with van der Waals surface area (Å²) in [5.41, 5.74) is 1.36. The lowest BCUT2D eigenvalue weighted by molar-refractivity contribution is 0.0953. The molecule has 1 amide bonds. The third-order valence-corrected chi connectivity index (χ3v) is 3.27. The minimum Gasteiger partial charge on any atom is -0.507 e. The molecule has 0 fully saturated rings. The summed E-state index contributed by atoms with van der Waals surface area (Å²) in [7, 11) is 0. The quantitative estimate of drug-likeness (QED) is 0.910. The van der Waals surface area contributed by atoms with Crippen LogP contribution in [0, 0.1) is 0 Å². The number of hydrogen-bond acceptors (Lipinski definition) is 3. The predicted octanol–water partition coefficient (Wildman–Crippen LogP) is 2.52. The molecule has 98 valence electrons. The second-order valence-corrected chi connectivity index (χ2v) is 4.85. The van der Waals surface area contributed by atoms with Crippen LogP contribution in [0.2, 0.25) is 0 Å². The molecule has 0 aliphatic rings. The van der Waals surface area contributed by atoms with Gasteiger partial charge in [-0.3, -0.25) is 9.78 Å². The highest BCUT2D eigenvalue weighted by Gasteiger charge is 2.07. The van der Waals surface area contributed by atoms with Crippen LogP contribution in [0.25, 0.3) is 0 Å². The van der Waals surface area contributed by atoms with Gasteiger partial charge in [-0.2, -0.15) is 0 Å². The Kier molecular flexibility index (Phi) is 4.52. The van der Waals surface area contributed by atoms with E-state index in [0.29, 0.717) is 23.0 Å². The molecule has 0 bridgehead atoms. The van der Waals surface area contributed by atoms with Crippen molar-refractivity contribution in [1.82, 2.24) is 10.3 Å². The van der Waals surface area contributed by atoms with Crippen LogP contribution in [0.3, 0.4) is 0 Å². The first-order valence-corrected chi connectivity index (χ1v) is 6.63. The number of aromatic nitrogens is 1. The number of nitrogens with zero attached hydrogens (tertiary/aromatic N) is 1. The van der Waals surface area contributed by atoms with E-state index in [0.717, 1.165) is 5.69 Å². The average Bonchev–Trinajstić information content (AvgIpc) is 2.43. The van der Waals surface area contributed by atoms with Gasteiger partial charge >= 0.3 is 0 Å². The minimum absolute atomic E-state index is 0.0531. The van der Waals surface area contributed by atoms with Crippen LogP contribution >= 0.6 is 15.9 Å². The zero-order chi connectivity index (χ0) is 13.7. The van der Waals surface area contributed by atoms with E-state index in [4.69, 9.17) is 0 Å². The second-order valence-electron chi connectivity index (χ2n) is 3.99. The molecular formula is C14H13BrN2O2. The molecule has 0 atom stereocenters. The number of carbonyl (C=O) groups excluding carboxylic acids is 1. The molecule has 1 heterocycles. The van der Waals surface area contributed by atoms with Gasteiger partial charge in [0.2, 0.25) is 0 Å². The Balaban J connectivity index is 1.89. The molecule has 2 N–H and O–H groups in total. The van der Waals surface area contributed by atoms with Crippen LogP contribution in [-0.2, 0) is 6.42 Å². The molecule has 0 saturated carbocycles. The van der Waals surface area contributed by atoms with Crippen molar-refractivity contribution in [1.29, 1.82) is 0 Å². The summed E-state index contributed by atoms with van der Waals surface area (Å²) in [6, 6.07) is 10.4. The highest BCUT2D eigenvalue weighted by Crippen LogP contribution is 2.24. The van der Waals surface area contributed by atoms with Crippen molar-refractivity contribution >= 4 is 21.8 Å². The molecule has 0 aliphatic heterocycles. The first-order valence-electron chi connectivity index (χ1n) is 5.83. The van der Waals surface area contributed by atoms with Gasteiger partial charge in [0.1, 0.15) is 5.75 Å². The van der Waals surface area contributed by atoms with E-state index in [-0.39, 0.29) is 11.7 Å². The van der Waals surface area contributed by atoms with Crippen molar-refractivity contribution in [2.75, 3.05) is 6.54 Å². The Morgan fingerprint density at radius 3 is 2.84 bits per heavy atom. The molecule has 19 heavy (non-hydrogen) atoms. The molecule has 4 nitrogen and oxygen atoms in total. The van der Waals surface area contributed by atoms with Gasteiger partial charge in [0.25, 0.3) is 5.91 Å². The first kappa shape index (κ1) is 13.5. The van der Waals surface area contributed by atoms with Crippen molar-refractivity contribution in [3.05, 3.63) is 58.3 Å². The van der Waals surface area contributed by atoms with Crippen LogP contribution in [0.5, 0.6) is 5.75 Å². The molecule has 1 aromatic carbocycles. The highest BCUT2D eigenvalue weighted by molar-refractivity contribution is 9.10. The lowest BCUT2D eigenvalue weighted by Gasteiger charge is -2.06. The zero-order valence-electron chi connectivity index (χ0n) is 10.1. The maximum atomic E-state index is 11.8. The largest absolute Gasteiger partial charge is 0.507 e. The summed E-state index contributed by atoms with van der Waals surface area (Å²) in [6.45, 7) is 0.507. The summed E-state index contributed by atoms with van der Waals surface area (Å²) < 4.78 is 0.567. The average molecular weight is 321 g/mol. The van der Waals surface area contributed by atoms with Crippen LogP contribution in [0.4, 0.5) is 0 Å². The lowest BCUT2D eigenvalue weighted by atomic mass is 10.2. The Morgan fingerprint density at radius 1 is 1.32 bits per heavy atom. The minimum atomic E-state index is -0.210. The molecule has 1 aromatic heterocycles. The predicted molar refractivity (Wildman–Crippen MR) is 76.1 cm³/mol. The molecule has 2 aromatic rings. The summed E-state index contributed by atoms with van der Waals surface area (Å²) in [5, 5.41) is 12.3. The first-order chi connectivity index (χ1) is 9.16. The molecule has 0 saturated heterocycles. The SMILES string of the molecule is O=C(NCCc1ccccn1)c1ccc(Br)c(O)c1. The van der Waals surface area contributed by atoms with E-state index in [2.05, 4.69) is 26.2 Å². The van der Waals surface area contributed by atoms with Crippen molar-refractivity contribution in [2.24, 2.45) is 0 Å². The number of phenols is 1. The van der Waals surface area contributed by atoms with Crippen molar-refractivity contribution in [3.63, 3.8) is 0 Å². The van der Waals surface area contributed by atoms with Gasteiger partial charge in [0.05, 0.1) is 4.47 Å². The van der Waals surface area contributed by atoms with Gasteiger partial charge in [0.15, 0.2) is 0 Å². The van der Waals surface area contributed by atoms with Gasteiger partial charge in [0, 0.05) is 30.4 Å². The normalized spacial score (nSPS) is 10.2. The monoisotopic (exact) mass is 320 g/mol. The van der Waals surface area contributed by atoms with E-state index in [1.54, 1.807) is 18.3 Å². The lowest BCUT2D eigenvalue weighted by Crippen LogP contribution is -2.25. The third kappa shape index (κ3) is 3.79. The van der Waals surface area contributed by atoms with Crippen molar-refractivity contribution in [3.8, 4) is 5.75 Å². The number of phenolic OH excluding ortho intramolecular Hbond substituents is 1. The number of aromatic hydroxyl groups is 1. The van der Waals surface area contributed by atoms with E-state index >= 15 is 0 Å². The fourth-order valence-electron chi connectivity index (χ4n) is 1.61. The summed E-state index contributed by atoms with van der Waals surface area (Å²) in [4.78, 5) is 16.0. The standard InChI is InChI=1S/C14H13BrN2O2/c15-12-5-4-10(9-13(12)18)14(19)17-8-6-11-3-1-2-7-16-11/h1-5,7,9,18H,6,8H2,(H,17,19). The number of rotatable bonds is 4. The van der Waals surface area contributed by atoms with Gasteiger partial charge in [-0.1, -0.05) is 6.07 Å². The number of pyridine rings is 1. The fraction of sp³-hybridized carbons (Fsp3) is 0.143. The second kappa shape index (κ2) is 6.33. The van der Waals surface area contributed by atoms with Crippen LogP contribution in [0.15, 0.2) is 47.1 Å². The van der Waals surface area contributed by atoms with Crippen LogP contribution in [0.1, 0.15) is 16.1 Å². The molecular weight excluding hydrogens is 308 g/mol. The van der Waals surface area contributed by atoms with Crippen molar-refractivity contribution < 1.29 is 9.90 Å².